The molecule has 2 rings (SSSR count). The minimum Gasteiger partial charge on any atom is -0.327 e. The van der Waals surface area contributed by atoms with Crippen molar-refractivity contribution in [2.45, 2.75) is 26.1 Å². The monoisotopic (exact) mass is 227 g/mol. The summed E-state index contributed by atoms with van der Waals surface area (Å²) in [6.07, 6.45) is 3.18. The maximum Gasteiger partial charge on any atom is 0.131 e. The molecule has 0 bridgehead atoms. The summed E-state index contributed by atoms with van der Waals surface area (Å²) in [5, 5.41) is 0.390. The van der Waals surface area contributed by atoms with Crippen LogP contribution in [0.25, 0.3) is 11.0 Å². The van der Waals surface area contributed by atoms with Crippen molar-refractivity contribution < 1.29 is 4.39 Å². The van der Waals surface area contributed by atoms with Gasteiger partial charge in [0, 0.05) is 6.07 Å². The van der Waals surface area contributed by atoms with Gasteiger partial charge in [-0.3, -0.25) is 0 Å². The highest BCUT2D eigenvalue weighted by atomic mass is 35.5. The summed E-state index contributed by atoms with van der Waals surface area (Å²) in [6.45, 7) is 3.31. The molecule has 0 aliphatic heterocycles. The predicted molar refractivity (Wildman–Crippen MR) is 57.7 cm³/mol. The van der Waals surface area contributed by atoms with Crippen molar-refractivity contribution in [1.29, 1.82) is 0 Å². The van der Waals surface area contributed by atoms with Crippen LogP contribution < -0.4 is 0 Å². The summed E-state index contributed by atoms with van der Waals surface area (Å²) in [6, 6.07) is 1.69. The van der Waals surface area contributed by atoms with E-state index >= 15 is 0 Å². The third-order valence-electron chi connectivity index (χ3n) is 2.02. The quantitative estimate of drug-likeness (QED) is 0.739. The standard InChI is InChI=1S/C10H11ClFN3/c1-10(2,12)5-15-6-14-7-4-13-9(11)3-8(7)15/h3-4,6H,5H2,1-2H3. The Morgan fingerprint density at radius 1 is 1.47 bits per heavy atom. The summed E-state index contributed by atoms with van der Waals surface area (Å²) in [4.78, 5) is 8.03. The lowest BCUT2D eigenvalue weighted by atomic mass is 10.2. The van der Waals surface area contributed by atoms with Gasteiger partial charge in [0.15, 0.2) is 0 Å². The van der Waals surface area contributed by atoms with Crippen molar-refractivity contribution in [3.8, 4) is 0 Å². The molecule has 3 nitrogen and oxygen atoms in total. The van der Waals surface area contributed by atoms with E-state index in [1.54, 1.807) is 23.2 Å². The lowest BCUT2D eigenvalue weighted by molar-refractivity contribution is 0.188. The molecule has 0 aliphatic carbocycles. The van der Waals surface area contributed by atoms with Crippen LogP contribution in [0, 0.1) is 0 Å². The number of fused-ring (bicyclic) bond motifs is 1. The van der Waals surface area contributed by atoms with Gasteiger partial charge >= 0.3 is 0 Å². The third kappa shape index (κ3) is 2.26. The van der Waals surface area contributed by atoms with Gasteiger partial charge in [0.25, 0.3) is 0 Å². The molecule has 0 N–H and O–H groups in total. The number of imidazole rings is 1. The molecule has 0 saturated carbocycles. The topological polar surface area (TPSA) is 30.7 Å². The van der Waals surface area contributed by atoms with Crippen molar-refractivity contribution >= 4 is 22.6 Å². The lowest BCUT2D eigenvalue weighted by Gasteiger charge is -2.15. The summed E-state index contributed by atoms with van der Waals surface area (Å²) in [5.74, 6) is 0. The van der Waals surface area contributed by atoms with Crippen LogP contribution in [0.15, 0.2) is 18.6 Å². The third-order valence-corrected chi connectivity index (χ3v) is 2.23. The van der Waals surface area contributed by atoms with Gasteiger partial charge in [-0.25, -0.2) is 14.4 Å². The Labute approximate surface area is 91.9 Å². The smallest absolute Gasteiger partial charge is 0.131 e. The molecule has 15 heavy (non-hydrogen) atoms. The molecule has 0 radical (unpaired) electrons. The van der Waals surface area contributed by atoms with E-state index in [2.05, 4.69) is 9.97 Å². The molecule has 2 aromatic heterocycles. The number of halogens is 2. The number of rotatable bonds is 2. The first-order valence-corrected chi connectivity index (χ1v) is 4.99. The van der Waals surface area contributed by atoms with Crippen LogP contribution in [-0.4, -0.2) is 20.2 Å². The van der Waals surface area contributed by atoms with Crippen molar-refractivity contribution in [2.24, 2.45) is 0 Å². The zero-order valence-electron chi connectivity index (χ0n) is 8.54. The van der Waals surface area contributed by atoms with Crippen LogP contribution >= 0.6 is 11.6 Å². The van der Waals surface area contributed by atoms with Crippen LogP contribution in [0.5, 0.6) is 0 Å². The Kier molecular flexibility index (Phi) is 2.38. The molecule has 5 heteroatoms. The highest BCUT2D eigenvalue weighted by Crippen LogP contribution is 2.19. The molecule has 0 saturated heterocycles. The fourth-order valence-electron chi connectivity index (χ4n) is 1.47. The van der Waals surface area contributed by atoms with Gasteiger partial charge in [0.2, 0.25) is 0 Å². The molecule has 0 aromatic carbocycles. The molecule has 80 valence electrons. The van der Waals surface area contributed by atoms with E-state index in [-0.39, 0.29) is 6.54 Å². The average Bonchev–Trinajstić information content (AvgIpc) is 2.46. The van der Waals surface area contributed by atoms with E-state index in [1.165, 1.54) is 13.8 Å². The number of hydrogen-bond acceptors (Lipinski definition) is 2. The molecule has 0 atom stereocenters. The Balaban J connectivity index is 2.48. The van der Waals surface area contributed by atoms with Gasteiger partial charge in [-0.1, -0.05) is 11.6 Å². The number of alkyl halides is 1. The van der Waals surface area contributed by atoms with Crippen LogP contribution in [0.1, 0.15) is 13.8 Å². The maximum absolute atomic E-state index is 13.5. The highest BCUT2D eigenvalue weighted by Gasteiger charge is 2.17. The zero-order valence-corrected chi connectivity index (χ0v) is 9.29. The first kappa shape index (κ1) is 10.4. The van der Waals surface area contributed by atoms with E-state index in [1.807, 2.05) is 0 Å². The van der Waals surface area contributed by atoms with Crippen molar-refractivity contribution in [2.75, 3.05) is 0 Å². The first-order valence-electron chi connectivity index (χ1n) is 4.61. The second kappa shape index (κ2) is 3.45. The zero-order chi connectivity index (χ0) is 11.1. The van der Waals surface area contributed by atoms with Gasteiger partial charge in [-0.2, -0.15) is 0 Å². The van der Waals surface area contributed by atoms with Crippen LogP contribution in [-0.2, 0) is 6.54 Å². The van der Waals surface area contributed by atoms with Crippen LogP contribution in [0.4, 0.5) is 4.39 Å². The average molecular weight is 228 g/mol. The van der Waals surface area contributed by atoms with Crippen molar-refractivity contribution in [3.63, 3.8) is 0 Å². The molecule has 0 unspecified atom stereocenters. The molecule has 0 fully saturated rings. The van der Waals surface area contributed by atoms with E-state index in [0.29, 0.717) is 5.15 Å². The molecule has 0 amide bonds. The van der Waals surface area contributed by atoms with Crippen LogP contribution in [0.3, 0.4) is 0 Å². The minimum absolute atomic E-state index is 0.254. The van der Waals surface area contributed by atoms with Gasteiger partial charge < -0.3 is 4.57 Å². The van der Waals surface area contributed by atoms with Gasteiger partial charge in [-0.15, -0.1) is 0 Å². The SMILES string of the molecule is CC(C)(F)Cn1cnc2cnc(Cl)cc21. The summed E-state index contributed by atoms with van der Waals surface area (Å²) in [7, 11) is 0. The Morgan fingerprint density at radius 3 is 2.87 bits per heavy atom. The second-order valence-corrected chi connectivity index (χ2v) is 4.47. The Bertz CT molecular complexity index is 487. The van der Waals surface area contributed by atoms with Crippen molar-refractivity contribution in [1.82, 2.24) is 14.5 Å². The molecule has 0 aliphatic rings. The largest absolute Gasteiger partial charge is 0.327 e. The Hall–Kier alpha value is -1.16. The summed E-state index contributed by atoms with van der Waals surface area (Å²) >= 11 is 5.77. The lowest BCUT2D eigenvalue weighted by Crippen LogP contribution is -2.20. The molecule has 2 heterocycles. The van der Waals surface area contributed by atoms with Gasteiger partial charge in [-0.05, 0) is 13.8 Å². The van der Waals surface area contributed by atoms with E-state index in [4.69, 9.17) is 11.6 Å². The van der Waals surface area contributed by atoms with E-state index in [0.717, 1.165) is 11.0 Å². The maximum atomic E-state index is 13.5. The molecule has 0 spiro atoms. The summed E-state index contributed by atoms with van der Waals surface area (Å²) in [5.41, 5.74) is 0.257. The predicted octanol–water partition coefficient (Wildman–Crippen LogP) is 2.83. The number of hydrogen-bond donors (Lipinski definition) is 0. The summed E-state index contributed by atoms with van der Waals surface area (Å²) < 4.78 is 15.2. The first-order chi connectivity index (χ1) is 6.96. The number of aromatic nitrogens is 3. The van der Waals surface area contributed by atoms with Gasteiger partial charge in [0.05, 0.1) is 24.6 Å². The Morgan fingerprint density at radius 2 is 2.20 bits per heavy atom. The fraction of sp³-hybridized carbons (Fsp3) is 0.400. The normalized spacial score (nSPS) is 12.3. The highest BCUT2D eigenvalue weighted by molar-refractivity contribution is 6.29. The van der Waals surface area contributed by atoms with Crippen molar-refractivity contribution in [3.05, 3.63) is 23.7 Å². The molecule has 2 aromatic rings. The second-order valence-electron chi connectivity index (χ2n) is 4.09. The molecular formula is C10H11ClFN3. The number of nitrogens with zero attached hydrogens (tertiary/aromatic N) is 3. The number of pyridine rings is 1. The minimum atomic E-state index is -1.27. The molecular weight excluding hydrogens is 217 g/mol. The van der Waals surface area contributed by atoms with E-state index in [9.17, 15) is 4.39 Å². The van der Waals surface area contributed by atoms with E-state index < -0.39 is 5.67 Å². The van der Waals surface area contributed by atoms with Crippen LogP contribution in [0.2, 0.25) is 5.15 Å². The fourth-order valence-corrected chi connectivity index (χ4v) is 1.62. The van der Waals surface area contributed by atoms with Gasteiger partial charge in [0.1, 0.15) is 16.3 Å².